The van der Waals surface area contributed by atoms with Crippen molar-refractivity contribution in [1.82, 2.24) is 10.2 Å². The molecular formula is C16H26N2. The standard InChI is InChI=1S/C16H26N2/c1-16(2,3)14-7-5-13(6-8-14)9-10-18(4)15-11-17-12-15/h5-8,15,17H,9-12H2,1-4H3. The molecule has 1 heterocycles. The highest BCUT2D eigenvalue weighted by molar-refractivity contribution is 5.27. The predicted octanol–water partition coefficient (Wildman–Crippen LogP) is 2.43. The zero-order chi connectivity index (χ0) is 13.2. The minimum Gasteiger partial charge on any atom is -0.314 e. The summed E-state index contributed by atoms with van der Waals surface area (Å²) in [7, 11) is 2.23. The highest BCUT2D eigenvalue weighted by atomic mass is 15.2. The third-order valence-electron chi connectivity index (χ3n) is 3.96. The lowest BCUT2D eigenvalue weighted by atomic mass is 9.86. The van der Waals surface area contributed by atoms with Crippen molar-refractivity contribution in [3.8, 4) is 0 Å². The maximum Gasteiger partial charge on any atom is 0.0342 e. The Morgan fingerprint density at radius 1 is 1.17 bits per heavy atom. The molecule has 1 aromatic carbocycles. The molecular weight excluding hydrogens is 220 g/mol. The van der Waals surface area contributed by atoms with Crippen LogP contribution in [0.4, 0.5) is 0 Å². The van der Waals surface area contributed by atoms with E-state index in [1.807, 2.05) is 0 Å². The van der Waals surface area contributed by atoms with Gasteiger partial charge in [-0.2, -0.15) is 0 Å². The molecule has 0 radical (unpaired) electrons. The second-order valence-electron chi connectivity index (χ2n) is 6.49. The molecule has 2 heteroatoms. The summed E-state index contributed by atoms with van der Waals surface area (Å²) < 4.78 is 0. The molecule has 1 saturated heterocycles. The Kier molecular flexibility index (Phi) is 4.08. The summed E-state index contributed by atoms with van der Waals surface area (Å²) >= 11 is 0. The Morgan fingerprint density at radius 3 is 2.22 bits per heavy atom. The van der Waals surface area contributed by atoms with Gasteiger partial charge in [0.1, 0.15) is 0 Å². The molecule has 0 saturated carbocycles. The summed E-state index contributed by atoms with van der Waals surface area (Å²) in [6.45, 7) is 10.2. The monoisotopic (exact) mass is 246 g/mol. The van der Waals surface area contributed by atoms with E-state index in [4.69, 9.17) is 0 Å². The number of likely N-dealkylation sites (N-methyl/N-ethyl adjacent to an activating group) is 1. The van der Waals surface area contributed by atoms with Crippen LogP contribution >= 0.6 is 0 Å². The highest BCUT2D eigenvalue weighted by Gasteiger charge is 2.20. The largest absolute Gasteiger partial charge is 0.314 e. The lowest BCUT2D eigenvalue weighted by molar-refractivity contribution is 0.182. The number of rotatable bonds is 4. The fourth-order valence-corrected chi connectivity index (χ4v) is 2.24. The smallest absolute Gasteiger partial charge is 0.0342 e. The lowest BCUT2D eigenvalue weighted by Gasteiger charge is -2.35. The van der Waals surface area contributed by atoms with E-state index in [1.165, 1.54) is 11.1 Å². The van der Waals surface area contributed by atoms with Crippen LogP contribution in [0.5, 0.6) is 0 Å². The van der Waals surface area contributed by atoms with Crippen molar-refractivity contribution in [2.24, 2.45) is 0 Å². The average Bonchev–Trinajstić information content (AvgIpc) is 2.23. The maximum atomic E-state index is 3.32. The molecule has 0 spiro atoms. The predicted molar refractivity (Wildman–Crippen MR) is 78.1 cm³/mol. The van der Waals surface area contributed by atoms with Crippen LogP contribution in [0.25, 0.3) is 0 Å². The van der Waals surface area contributed by atoms with Gasteiger partial charge >= 0.3 is 0 Å². The highest BCUT2D eigenvalue weighted by Crippen LogP contribution is 2.22. The van der Waals surface area contributed by atoms with Gasteiger partial charge in [-0.05, 0) is 30.0 Å². The topological polar surface area (TPSA) is 15.3 Å². The van der Waals surface area contributed by atoms with Crippen LogP contribution in [0.15, 0.2) is 24.3 Å². The van der Waals surface area contributed by atoms with E-state index in [0.29, 0.717) is 0 Å². The van der Waals surface area contributed by atoms with Crippen molar-refractivity contribution >= 4 is 0 Å². The number of benzene rings is 1. The molecule has 2 rings (SSSR count). The number of nitrogens with zero attached hydrogens (tertiary/aromatic N) is 1. The molecule has 1 aliphatic heterocycles. The molecule has 18 heavy (non-hydrogen) atoms. The molecule has 2 nitrogen and oxygen atoms in total. The molecule has 0 unspecified atom stereocenters. The summed E-state index contributed by atoms with van der Waals surface area (Å²) in [5, 5.41) is 3.32. The fourth-order valence-electron chi connectivity index (χ4n) is 2.24. The van der Waals surface area contributed by atoms with E-state index in [0.717, 1.165) is 32.1 Å². The van der Waals surface area contributed by atoms with Crippen LogP contribution in [0, 0.1) is 0 Å². The maximum absolute atomic E-state index is 3.32. The van der Waals surface area contributed by atoms with Gasteiger partial charge in [-0.25, -0.2) is 0 Å². The van der Waals surface area contributed by atoms with Crippen LogP contribution in [-0.2, 0) is 11.8 Å². The molecule has 100 valence electrons. The van der Waals surface area contributed by atoms with Gasteiger partial charge in [0.15, 0.2) is 0 Å². The molecule has 0 aromatic heterocycles. The quantitative estimate of drug-likeness (QED) is 0.878. The van der Waals surface area contributed by atoms with Crippen molar-refractivity contribution in [2.45, 2.75) is 38.6 Å². The van der Waals surface area contributed by atoms with Gasteiger partial charge in [0.25, 0.3) is 0 Å². The summed E-state index contributed by atoms with van der Waals surface area (Å²) in [4.78, 5) is 2.47. The van der Waals surface area contributed by atoms with Crippen LogP contribution in [-0.4, -0.2) is 37.6 Å². The molecule has 0 amide bonds. The van der Waals surface area contributed by atoms with E-state index in [1.54, 1.807) is 0 Å². The minimum absolute atomic E-state index is 0.257. The first kappa shape index (κ1) is 13.6. The van der Waals surface area contributed by atoms with E-state index in [2.05, 4.69) is 62.3 Å². The second-order valence-corrected chi connectivity index (χ2v) is 6.49. The van der Waals surface area contributed by atoms with Gasteiger partial charge in [0.05, 0.1) is 0 Å². The Labute approximate surface area is 111 Å². The minimum atomic E-state index is 0.257. The van der Waals surface area contributed by atoms with Crippen molar-refractivity contribution in [3.05, 3.63) is 35.4 Å². The van der Waals surface area contributed by atoms with Gasteiger partial charge in [-0.1, -0.05) is 45.0 Å². The van der Waals surface area contributed by atoms with Crippen molar-refractivity contribution in [3.63, 3.8) is 0 Å². The molecule has 1 fully saturated rings. The van der Waals surface area contributed by atoms with Crippen LogP contribution in [0.3, 0.4) is 0 Å². The molecule has 0 bridgehead atoms. The normalized spacial score (nSPS) is 16.9. The molecule has 1 aromatic rings. The third kappa shape index (κ3) is 3.33. The van der Waals surface area contributed by atoms with Crippen LogP contribution in [0.1, 0.15) is 31.9 Å². The first-order valence-electron chi connectivity index (χ1n) is 6.97. The number of hydrogen-bond donors (Lipinski definition) is 1. The number of hydrogen-bond acceptors (Lipinski definition) is 2. The van der Waals surface area contributed by atoms with E-state index in [-0.39, 0.29) is 5.41 Å². The Hall–Kier alpha value is -0.860. The summed E-state index contributed by atoms with van der Waals surface area (Å²) in [6.07, 6.45) is 1.15. The fraction of sp³-hybridized carbons (Fsp3) is 0.625. The first-order valence-corrected chi connectivity index (χ1v) is 6.97. The van der Waals surface area contributed by atoms with Gasteiger partial charge in [0, 0.05) is 25.7 Å². The summed E-state index contributed by atoms with van der Waals surface area (Å²) in [6, 6.07) is 9.88. The zero-order valence-corrected chi connectivity index (χ0v) is 12.2. The summed E-state index contributed by atoms with van der Waals surface area (Å²) in [5.41, 5.74) is 3.12. The first-order chi connectivity index (χ1) is 8.47. The van der Waals surface area contributed by atoms with Crippen molar-refractivity contribution in [2.75, 3.05) is 26.7 Å². The van der Waals surface area contributed by atoms with E-state index >= 15 is 0 Å². The Balaban J connectivity index is 1.86. The molecule has 0 aliphatic carbocycles. The van der Waals surface area contributed by atoms with Crippen LogP contribution < -0.4 is 5.32 Å². The molecule has 1 aliphatic rings. The summed E-state index contributed by atoms with van der Waals surface area (Å²) in [5.74, 6) is 0. The Morgan fingerprint density at radius 2 is 1.78 bits per heavy atom. The van der Waals surface area contributed by atoms with Gasteiger partial charge in [-0.3, -0.25) is 0 Å². The molecule has 0 atom stereocenters. The van der Waals surface area contributed by atoms with E-state index in [9.17, 15) is 0 Å². The molecule has 1 N–H and O–H groups in total. The van der Waals surface area contributed by atoms with Crippen LogP contribution in [0.2, 0.25) is 0 Å². The van der Waals surface area contributed by atoms with Crippen molar-refractivity contribution < 1.29 is 0 Å². The Bertz CT molecular complexity index is 371. The number of nitrogens with one attached hydrogen (secondary N) is 1. The zero-order valence-electron chi connectivity index (χ0n) is 12.2. The SMILES string of the molecule is CN(CCc1ccc(C(C)(C)C)cc1)C1CNC1. The van der Waals surface area contributed by atoms with Crippen molar-refractivity contribution in [1.29, 1.82) is 0 Å². The third-order valence-corrected chi connectivity index (χ3v) is 3.96. The average molecular weight is 246 g/mol. The van der Waals surface area contributed by atoms with Gasteiger partial charge in [0.2, 0.25) is 0 Å². The van der Waals surface area contributed by atoms with Gasteiger partial charge in [-0.15, -0.1) is 0 Å². The van der Waals surface area contributed by atoms with E-state index < -0.39 is 0 Å². The lowest BCUT2D eigenvalue weighted by Crippen LogP contribution is -2.56. The van der Waals surface area contributed by atoms with Gasteiger partial charge < -0.3 is 10.2 Å². The second kappa shape index (κ2) is 5.41.